The Balaban J connectivity index is 1.70. The molecule has 1 heterocycles. The Morgan fingerprint density at radius 3 is 2.33 bits per heavy atom. The molecule has 30 heavy (non-hydrogen) atoms. The van der Waals surface area contributed by atoms with Crippen molar-refractivity contribution in [2.45, 2.75) is 18.6 Å². The molecule has 0 saturated heterocycles. The Kier molecular flexibility index (Phi) is 7.18. The Labute approximate surface area is 179 Å². The van der Waals surface area contributed by atoms with Gasteiger partial charge < -0.3 is 24.1 Å². The first-order chi connectivity index (χ1) is 14.6. The summed E-state index contributed by atoms with van der Waals surface area (Å²) in [6.07, 6.45) is 0. The molecule has 0 atom stereocenters. The Morgan fingerprint density at radius 2 is 1.70 bits per heavy atom. The van der Waals surface area contributed by atoms with Crippen molar-refractivity contribution in [3.8, 4) is 28.6 Å². The molecule has 0 saturated carbocycles. The summed E-state index contributed by atoms with van der Waals surface area (Å²) in [6, 6.07) is 12.9. The lowest BCUT2D eigenvalue weighted by Crippen LogP contribution is -2.15. The zero-order valence-corrected chi connectivity index (χ0v) is 18.2. The van der Waals surface area contributed by atoms with Crippen molar-refractivity contribution >= 4 is 23.4 Å². The highest BCUT2D eigenvalue weighted by Crippen LogP contribution is 2.30. The number of hydrogen-bond acceptors (Lipinski definition) is 7. The predicted molar refractivity (Wildman–Crippen MR) is 117 cm³/mol. The maximum atomic E-state index is 12.5. The summed E-state index contributed by atoms with van der Waals surface area (Å²) in [6.45, 7) is 2.70. The van der Waals surface area contributed by atoms with Crippen LogP contribution in [0.2, 0.25) is 0 Å². The number of amides is 1. The van der Waals surface area contributed by atoms with Crippen LogP contribution in [0, 0.1) is 0 Å². The lowest BCUT2D eigenvalue weighted by molar-refractivity contribution is -0.113. The largest absolute Gasteiger partial charge is 0.497 e. The maximum Gasteiger partial charge on any atom is 0.234 e. The van der Waals surface area contributed by atoms with E-state index in [0.29, 0.717) is 28.9 Å². The summed E-state index contributed by atoms with van der Waals surface area (Å²) in [7, 11) is 4.75. The molecule has 1 amide bonds. The third-order valence-electron chi connectivity index (χ3n) is 4.39. The minimum absolute atomic E-state index is 0.178. The predicted octanol–water partition coefficient (Wildman–Crippen LogP) is 3.72. The number of carbonyl (C=O) groups excluding carboxylic acids is 1. The second kappa shape index (κ2) is 10.0. The first-order valence-corrected chi connectivity index (χ1v) is 10.3. The highest BCUT2D eigenvalue weighted by molar-refractivity contribution is 7.99. The average Bonchev–Trinajstić information content (AvgIpc) is 3.20. The molecule has 0 bridgehead atoms. The van der Waals surface area contributed by atoms with Gasteiger partial charge in [-0.25, -0.2) is 0 Å². The zero-order chi connectivity index (χ0) is 21.5. The second-order valence-electron chi connectivity index (χ2n) is 6.18. The molecule has 0 aliphatic heterocycles. The second-order valence-corrected chi connectivity index (χ2v) is 7.12. The van der Waals surface area contributed by atoms with Crippen LogP contribution in [-0.4, -0.2) is 47.8 Å². The lowest BCUT2D eigenvalue weighted by Gasteiger charge is -2.12. The van der Waals surface area contributed by atoms with Gasteiger partial charge in [0.15, 0.2) is 11.0 Å². The molecule has 8 nitrogen and oxygen atoms in total. The van der Waals surface area contributed by atoms with Crippen molar-refractivity contribution in [1.82, 2.24) is 14.8 Å². The molecule has 2 aromatic carbocycles. The number of methoxy groups -OCH3 is 3. The molecule has 1 aromatic heterocycles. The smallest absolute Gasteiger partial charge is 0.234 e. The van der Waals surface area contributed by atoms with E-state index in [2.05, 4.69) is 15.5 Å². The molecule has 0 spiro atoms. The fraction of sp³-hybridized carbons (Fsp3) is 0.286. The van der Waals surface area contributed by atoms with Crippen LogP contribution in [-0.2, 0) is 11.3 Å². The molecule has 0 fully saturated rings. The van der Waals surface area contributed by atoms with E-state index in [4.69, 9.17) is 14.2 Å². The summed E-state index contributed by atoms with van der Waals surface area (Å²) >= 11 is 1.33. The number of thioether (sulfide) groups is 1. The quantitative estimate of drug-likeness (QED) is 0.520. The number of anilines is 1. The summed E-state index contributed by atoms with van der Waals surface area (Å²) < 4.78 is 17.7. The fourth-order valence-corrected chi connectivity index (χ4v) is 3.66. The van der Waals surface area contributed by atoms with E-state index in [1.807, 2.05) is 35.8 Å². The van der Waals surface area contributed by atoms with Gasteiger partial charge in [0, 0.05) is 18.2 Å². The minimum Gasteiger partial charge on any atom is -0.497 e. The number of ether oxygens (including phenoxy) is 3. The van der Waals surface area contributed by atoms with Crippen molar-refractivity contribution in [1.29, 1.82) is 0 Å². The fourth-order valence-electron chi connectivity index (χ4n) is 2.86. The first-order valence-electron chi connectivity index (χ1n) is 9.31. The van der Waals surface area contributed by atoms with E-state index >= 15 is 0 Å². The van der Waals surface area contributed by atoms with Gasteiger partial charge in [-0.1, -0.05) is 11.8 Å². The molecule has 0 aliphatic carbocycles. The van der Waals surface area contributed by atoms with Crippen molar-refractivity contribution < 1.29 is 19.0 Å². The summed E-state index contributed by atoms with van der Waals surface area (Å²) in [5.41, 5.74) is 1.49. The highest BCUT2D eigenvalue weighted by Gasteiger charge is 2.16. The number of benzene rings is 2. The normalized spacial score (nSPS) is 10.5. The van der Waals surface area contributed by atoms with Crippen molar-refractivity contribution in [2.24, 2.45) is 0 Å². The first kappa shape index (κ1) is 21.5. The molecule has 9 heteroatoms. The van der Waals surface area contributed by atoms with Crippen LogP contribution < -0.4 is 19.5 Å². The maximum absolute atomic E-state index is 12.5. The van der Waals surface area contributed by atoms with Gasteiger partial charge in [-0.15, -0.1) is 10.2 Å². The van der Waals surface area contributed by atoms with Gasteiger partial charge in [0.05, 0.1) is 32.8 Å². The minimum atomic E-state index is -0.178. The molecular formula is C21H24N4O4S. The van der Waals surface area contributed by atoms with Crippen LogP contribution in [0.4, 0.5) is 5.69 Å². The summed E-state index contributed by atoms with van der Waals surface area (Å²) in [5, 5.41) is 12.1. The van der Waals surface area contributed by atoms with Crippen LogP contribution in [0.15, 0.2) is 47.6 Å². The van der Waals surface area contributed by atoms with E-state index in [-0.39, 0.29) is 11.7 Å². The van der Waals surface area contributed by atoms with Gasteiger partial charge >= 0.3 is 0 Å². The highest BCUT2D eigenvalue weighted by atomic mass is 32.2. The van der Waals surface area contributed by atoms with Crippen LogP contribution in [0.5, 0.6) is 17.2 Å². The van der Waals surface area contributed by atoms with Crippen LogP contribution in [0.1, 0.15) is 6.92 Å². The molecule has 158 valence electrons. The van der Waals surface area contributed by atoms with Gasteiger partial charge in [0.2, 0.25) is 5.91 Å². The van der Waals surface area contributed by atoms with Crippen molar-refractivity contribution in [2.75, 3.05) is 32.4 Å². The van der Waals surface area contributed by atoms with Crippen LogP contribution >= 0.6 is 11.8 Å². The molecule has 3 rings (SSSR count). The molecule has 3 aromatic rings. The van der Waals surface area contributed by atoms with E-state index in [0.717, 1.165) is 17.1 Å². The zero-order valence-electron chi connectivity index (χ0n) is 17.3. The summed E-state index contributed by atoms with van der Waals surface area (Å²) in [4.78, 5) is 12.5. The third kappa shape index (κ3) is 4.85. The average molecular weight is 429 g/mol. The molecule has 0 radical (unpaired) electrons. The Bertz CT molecular complexity index is 1000. The Morgan fingerprint density at radius 1 is 1.00 bits per heavy atom. The topological polar surface area (TPSA) is 87.5 Å². The van der Waals surface area contributed by atoms with Gasteiger partial charge in [-0.2, -0.15) is 0 Å². The van der Waals surface area contributed by atoms with Crippen LogP contribution in [0.25, 0.3) is 11.4 Å². The van der Waals surface area contributed by atoms with Crippen LogP contribution in [0.3, 0.4) is 0 Å². The van der Waals surface area contributed by atoms with E-state index < -0.39 is 0 Å². The number of aromatic nitrogens is 3. The summed E-state index contributed by atoms with van der Waals surface area (Å²) in [5.74, 6) is 2.73. The Hall–Kier alpha value is -3.20. The standard InChI is InChI=1S/C21H24N4O4S/c1-5-25-20(14-6-8-15(27-2)9-7-14)23-24-21(25)30-13-19(26)22-17-12-16(28-3)10-11-18(17)29-4/h6-12H,5,13H2,1-4H3,(H,22,26). The number of carbonyl (C=O) groups is 1. The van der Waals surface area contributed by atoms with Crippen molar-refractivity contribution in [3.05, 3.63) is 42.5 Å². The molecule has 0 unspecified atom stereocenters. The van der Waals surface area contributed by atoms with Gasteiger partial charge in [0.1, 0.15) is 17.2 Å². The SMILES string of the molecule is CCn1c(SCC(=O)Nc2cc(OC)ccc2OC)nnc1-c1ccc(OC)cc1. The molecular weight excluding hydrogens is 404 g/mol. The van der Waals surface area contributed by atoms with Gasteiger partial charge in [-0.05, 0) is 43.3 Å². The number of rotatable bonds is 9. The van der Waals surface area contributed by atoms with Gasteiger partial charge in [-0.3, -0.25) is 4.79 Å². The van der Waals surface area contributed by atoms with E-state index in [1.54, 1.807) is 39.5 Å². The van der Waals surface area contributed by atoms with E-state index in [9.17, 15) is 4.79 Å². The lowest BCUT2D eigenvalue weighted by atomic mass is 10.2. The monoisotopic (exact) mass is 428 g/mol. The number of nitrogens with zero attached hydrogens (tertiary/aromatic N) is 3. The third-order valence-corrected chi connectivity index (χ3v) is 5.36. The van der Waals surface area contributed by atoms with Gasteiger partial charge in [0.25, 0.3) is 0 Å². The molecule has 0 aliphatic rings. The number of hydrogen-bond donors (Lipinski definition) is 1. The van der Waals surface area contributed by atoms with Crippen molar-refractivity contribution in [3.63, 3.8) is 0 Å². The molecule has 1 N–H and O–H groups in total. The number of nitrogens with one attached hydrogen (secondary N) is 1. The van der Waals surface area contributed by atoms with E-state index in [1.165, 1.54) is 11.8 Å².